The zero-order chi connectivity index (χ0) is 26.5. The number of benzene rings is 2. The molecule has 2 amide bonds. The third-order valence-corrected chi connectivity index (χ3v) is 7.37. The number of anilines is 1. The number of hydrogen-bond acceptors (Lipinski definition) is 6. The van der Waals surface area contributed by atoms with Crippen LogP contribution in [0.5, 0.6) is 11.5 Å². The van der Waals surface area contributed by atoms with Crippen molar-refractivity contribution in [1.29, 1.82) is 0 Å². The van der Waals surface area contributed by atoms with Crippen LogP contribution < -0.4 is 14.8 Å². The highest BCUT2D eigenvalue weighted by atomic mass is 16.5. The number of likely N-dealkylation sites (N-methyl/N-ethyl adjacent to an activating group) is 1. The molecule has 8 nitrogen and oxygen atoms in total. The van der Waals surface area contributed by atoms with Gasteiger partial charge in [0.1, 0.15) is 18.1 Å². The number of para-hydroxylation sites is 1. The van der Waals surface area contributed by atoms with Crippen LogP contribution in [0, 0.1) is 11.8 Å². The number of ether oxygens (including phenoxy) is 3. The molecule has 1 fully saturated rings. The number of amides is 2. The molecule has 37 heavy (non-hydrogen) atoms. The van der Waals surface area contributed by atoms with Crippen LogP contribution in [0.15, 0.2) is 42.5 Å². The van der Waals surface area contributed by atoms with E-state index in [-0.39, 0.29) is 29.9 Å². The molecular weight excluding hydrogens is 470 g/mol. The molecule has 0 unspecified atom stereocenters. The first-order valence-corrected chi connectivity index (χ1v) is 13.0. The number of nitrogens with one attached hydrogen (secondary N) is 1. The van der Waals surface area contributed by atoms with E-state index in [0.29, 0.717) is 41.5 Å². The van der Waals surface area contributed by atoms with Gasteiger partial charge in [-0.2, -0.15) is 0 Å². The van der Waals surface area contributed by atoms with E-state index in [0.717, 1.165) is 19.0 Å². The minimum absolute atomic E-state index is 0.0777. The van der Waals surface area contributed by atoms with Crippen molar-refractivity contribution in [3.63, 3.8) is 0 Å². The fraction of sp³-hybridized carbons (Fsp3) is 0.517. The van der Waals surface area contributed by atoms with Gasteiger partial charge in [0.2, 0.25) is 0 Å². The van der Waals surface area contributed by atoms with Gasteiger partial charge < -0.3 is 24.4 Å². The minimum atomic E-state index is -0.296. The maximum Gasteiger partial charge on any atom is 0.259 e. The molecule has 8 heteroatoms. The summed E-state index contributed by atoms with van der Waals surface area (Å²) < 4.78 is 17.4. The van der Waals surface area contributed by atoms with Gasteiger partial charge in [-0.15, -0.1) is 0 Å². The van der Waals surface area contributed by atoms with Gasteiger partial charge in [-0.25, -0.2) is 0 Å². The smallest absolute Gasteiger partial charge is 0.259 e. The highest BCUT2D eigenvalue weighted by molar-refractivity contribution is 6.06. The fourth-order valence-corrected chi connectivity index (χ4v) is 4.84. The third kappa shape index (κ3) is 6.62. The summed E-state index contributed by atoms with van der Waals surface area (Å²) in [6, 6.07) is 12.4. The molecule has 1 aliphatic carbocycles. The Balaban J connectivity index is 1.61. The van der Waals surface area contributed by atoms with Crippen molar-refractivity contribution in [2.45, 2.75) is 38.8 Å². The second-order valence-electron chi connectivity index (χ2n) is 10.4. The van der Waals surface area contributed by atoms with Gasteiger partial charge in [-0.05, 0) is 55.9 Å². The average molecular weight is 510 g/mol. The third-order valence-electron chi connectivity index (χ3n) is 7.37. The molecule has 4 rings (SSSR count). The van der Waals surface area contributed by atoms with Crippen LogP contribution in [0.25, 0.3) is 0 Å². The lowest BCUT2D eigenvalue weighted by Crippen LogP contribution is -2.47. The zero-order valence-electron chi connectivity index (χ0n) is 22.5. The van der Waals surface area contributed by atoms with Gasteiger partial charge in [0.05, 0.1) is 24.3 Å². The number of carbonyl (C=O) groups is 2. The SMILES string of the molecule is COc1ccccc1C(=O)Nc1ccc2c(c1)OC[C@H](C)N(CC1CC1)C[C@H](C)[C@H](OC)CN(C)C2=O. The molecule has 3 atom stereocenters. The summed E-state index contributed by atoms with van der Waals surface area (Å²) >= 11 is 0. The predicted octanol–water partition coefficient (Wildman–Crippen LogP) is 4.16. The standard InChI is InChI=1S/C29H39N3O5/c1-19-15-32(16-21-10-11-21)20(2)18-37-26-14-22(30-28(33)23-8-6-7-9-25(23)35-4)12-13-24(26)29(34)31(3)17-27(19)36-5/h6-9,12-14,19-21,27H,10-11,15-18H2,1-5H3,(H,30,33)/t19-,20-,27+/m0/s1. The molecule has 2 aromatic carbocycles. The average Bonchev–Trinajstić information content (AvgIpc) is 3.73. The lowest BCUT2D eigenvalue weighted by atomic mass is 10.0. The van der Waals surface area contributed by atoms with Crippen molar-refractivity contribution >= 4 is 17.5 Å². The van der Waals surface area contributed by atoms with Gasteiger partial charge in [0, 0.05) is 51.6 Å². The highest BCUT2D eigenvalue weighted by Gasteiger charge is 2.31. The van der Waals surface area contributed by atoms with E-state index in [4.69, 9.17) is 14.2 Å². The second kappa shape index (κ2) is 12.0. The van der Waals surface area contributed by atoms with Crippen LogP contribution in [-0.4, -0.2) is 81.3 Å². The molecule has 200 valence electrons. The first-order valence-electron chi connectivity index (χ1n) is 13.0. The largest absolute Gasteiger partial charge is 0.496 e. The summed E-state index contributed by atoms with van der Waals surface area (Å²) in [6.07, 6.45) is 2.48. The Bertz CT molecular complexity index is 1100. The number of rotatable bonds is 6. The van der Waals surface area contributed by atoms with Gasteiger partial charge >= 0.3 is 0 Å². The first kappa shape index (κ1) is 26.9. The van der Waals surface area contributed by atoms with Crippen molar-refractivity contribution in [2.24, 2.45) is 11.8 Å². The quantitative estimate of drug-likeness (QED) is 0.630. The van der Waals surface area contributed by atoms with Crippen molar-refractivity contribution in [3.8, 4) is 11.5 Å². The topological polar surface area (TPSA) is 80.3 Å². The van der Waals surface area contributed by atoms with Gasteiger partial charge in [0.15, 0.2) is 0 Å². The zero-order valence-corrected chi connectivity index (χ0v) is 22.5. The highest BCUT2D eigenvalue weighted by Crippen LogP contribution is 2.32. The van der Waals surface area contributed by atoms with Gasteiger partial charge in [0.25, 0.3) is 11.8 Å². The molecule has 0 saturated heterocycles. The summed E-state index contributed by atoms with van der Waals surface area (Å²) in [7, 11) is 5.04. The van der Waals surface area contributed by atoms with Crippen LogP contribution >= 0.6 is 0 Å². The second-order valence-corrected chi connectivity index (χ2v) is 10.4. The Morgan fingerprint density at radius 1 is 1.11 bits per heavy atom. The number of nitrogens with zero attached hydrogens (tertiary/aromatic N) is 2. The molecule has 2 aliphatic rings. The van der Waals surface area contributed by atoms with Crippen LogP contribution in [0.2, 0.25) is 0 Å². The first-order chi connectivity index (χ1) is 17.8. The minimum Gasteiger partial charge on any atom is -0.496 e. The van der Waals surface area contributed by atoms with Crippen molar-refractivity contribution in [3.05, 3.63) is 53.6 Å². The number of hydrogen-bond donors (Lipinski definition) is 1. The van der Waals surface area contributed by atoms with Crippen LogP contribution in [0.4, 0.5) is 5.69 Å². The van der Waals surface area contributed by atoms with Gasteiger partial charge in [-0.3, -0.25) is 14.5 Å². The number of carbonyl (C=O) groups excluding carboxylic acids is 2. The number of fused-ring (bicyclic) bond motifs is 1. The maximum absolute atomic E-state index is 13.4. The molecule has 1 heterocycles. The normalized spacial score (nSPS) is 23.3. The predicted molar refractivity (Wildman–Crippen MR) is 144 cm³/mol. The lowest BCUT2D eigenvalue weighted by molar-refractivity contribution is 0.00994. The molecule has 0 bridgehead atoms. The monoisotopic (exact) mass is 509 g/mol. The Labute approximate surface area is 219 Å². The van der Waals surface area contributed by atoms with E-state index in [1.54, 1.807) is 55.5 Å². The summed E-state index contributed by atoms with van der Waals surface area (Å²) in [5, 5.41) is 2.92. The number of methoxy groups -OCH3 is 2. The van der Waals surface area contributed by atoms with E-state index >= 15 is 0 Å². The Hall–Kier alpha value is -3.10. The molecule has 0 spiro atoms. The summed E-state index contributed by atoms with van der Waals surface area (Å²) in [5.41, 5.74) is 1.43. The molecule has 1 N–H and O–H groups in total. The Morgan fingerprint density at radius 3 is 2.57 bits per heavy atom. The fourth-order valence-electron chi connectivity index (χ4n) is 4.84. The van der Waals surface area contributed by atoms with E-state index < -0.39 is 0 Å². The van der Waals surface area contributed by atoms with Crippen molar-refractivity contribution in [2.75, 3.05) is 52.8 Å². The molecule has 2 aromatic rings. The Morgan fingerprint density at radius 2 is 1.86 bits per heavy atom. The summed E-state index contributed by atoms with van der Waals surface area (Å²) in [5.74, 6) is 1.51. The van der Waals surface area contributed by atoms with Crippen LogP contribution in [-0.2, 0) is 4.74 Å². The lowest BCUT2D eigenvalue weighted by Gasteiger charge is -2.36. The van der Waals surface area contributed by atoms with E-state index in [1.807, 2.05) is 6.07 Å². The maximum atomic E-state index is 13.4. The summed E-state index contributed by atoms with van der Waals surface area (Å²) in [6.45, 7) is 7.20. The van der Waals surface area contributed by atoms with Crippen molar-refractivity contribution in [1.82, 2.24) is 9.80 Å². The van der Waals surface area contributed by atoms with Crippen LogP contribution in [0.1, 0.15) is 47.4 Å². The van der Waals surface area contributed by atoms with Crippen molar-refractivity contribution < 1.29 is 23.8 Å². The Kier molecular flexibility index (Phi) is 8.71. The molecular formula is C29H39N3O5. The molecule has 0 aromatic heterocycles. The van der Waals surface area contributed by atoms with E-state index in [2.05, 4.69) is 24.1 Å². The summed E-state index contributed by atoms with van der Waals surface area (Å²) in [4.78, 5) is 30.6. The van der Waals surface area contributed by atoms with E-state index in [9.17, 15) is 9.59 Å². The molecule has 1 aliphatic heterocycles. The molecule has 0 radical (unpaired) electrons. The van der Waals surface area contributed by atoms with Gasteiger partial charge in [-0.1, -0.05) is 19.1 Å². The van der Waals surface area contributed by atoms with E-state index in [1.165, 1.54) is 20.0 Å². The molecule has 1 saturated carbocycles. The van der Waals surface area contributed by atoms with Crippen LogP contribution in [0.3, 0.4) is 0 Å².